The van der Waals surface area contributed by atoms with Gasteiger partial charge in [-0.15, -0.1) is 0 Å². The summed E-state index contributed by atoms with van der Waals surface area (Å²) < 4.78 is 27.9. The van der Waals surface area contributed by atoms with E-state index in [9.17, 15) is 13.6 Å². The molecule has 1 fully saturated rings. The Bertz CT molecular complexity index is 1190. The summed E-state index contributed by atoms with van der Waals surface area (Å²) >= 11 is 0. The predicted molar refractivity (Wildman–Crippen MR) is 107 cm³/mol. The lowest BCUT2D eigenvalue weighted by Gasteiger charge is -2.39. The monoisotopic (exact) mass is 393 g/mol. The first-order valence-electron chi connectivity index (χ1n) is 9.75. The minimum absolute atomic E-state index is 0.157. The van der Waals surface area contributed by atoms with E-state index in [4.69, 9.17) is 9.97 Å². The van der Waals surface area contributed by atoms with Gasteiger partial charge in [-0.05, 0) is 42.5 Å². The zero-order valence-electron chi connectivity index (χ0n) is 16.5. The average Bonchev–Trinajstić information content (AvgIpc) is 2.99. The number of nitrogens with one attached hydrogen (secondary N) is 1. The largest absolute Gasteiger partial charge is 0.323 e. The highest BCUT2D eigenvalue weighted by Gasteiger charge is 2.73. The maximum absolute atomic E-state index is 14.2. The summed E-state index contributed by atoms with van der Waals surface area (Å²) in [7, 11) is 0. The molecule has 2 aliphatic rings. The van der Waals surface area contributed by atoms with E-state index in [0.717, 1.165) is 41.3 Å². The predicted octanol–water partition coefficient (Wildman–Crippen LogP) is 4.88. The second-order valence-electron chi connectivity index (χ2n) is 8.85. The first-order chi connectivity index (χ1) is 13.7. The van der Waals surface area contributed by atoms with Crippen molar-refractivity contribution in [2.45, 2.75) is 44.4 Å². The van der Waals surface area contributed by atoms with Gasteiger partial charge in [-0.1, -0.05) is 32.9 Å². The molecule has 2 atom stereocenters. The fourth-order valence-corrected chi connectivity index (χ4v) is 5.37. The molecule has 1 heterocycles. The first-order valence-corrected chi connectivity index (χ1v) is 9.75. The van der Waals surface area contributed by atoms with Crippen molar-refractivity contribution in [2.75, 3.05) is 5.32 Å². The van der Waals surface area contributed by atoms with E-state index in [0.29, 0.717) is 12.1 Å². The smallest absolute Gasteiger partial charge is 0.237 e. The molecular formula is C23H21F2N3O. The van der Waals surface area contributed by atoms with Crippen LogP contribution in [0.1, 0.15) is 45.0 Å². The molecule has 0 radical (unpaired) electrons. The lowest BCUT2D eigenvalue weighted by Crippen LogP contribution is -2.48. The summed E-state index contributed by atoms with van der Waals surface area (Å²) in [6.45, 7) is 6.23. The number of carbonyl (C=O) groups excluding carboxylic acids is 1. The molecule has 4 nitrogen and oxygen atoms in total. The van der Waals surface area contributed by atoms with Gasteiger partial charge in [0.1, 0.15) is 11.6 Å². The molecule has 3 aromatic rings. The van der Waals surface area contributed by atoms with Crippen LogP contribution in [0.15, 0.2) is 42.5 Å². The average molecular weight is 393 g/mol. The number of aromatic nitrogens is 2. The summed E-state index contributed by atoms with van der Waals surface area (Å²) in [4.78, 5) is 23.4. The van der Waals surface area contributed by atoms with Crippen molar-refractivity contribution in [3.8, 4) is 0 Å². The van der Waals surface area contributed by atoms with Gasteiger partial charge in [-0.2, -0.15) is 0 Å². The number of nitrogens with zero attached hydrogens (tertiary/aromatic N) is 2. The van der Waals surface area contributed by atoms with Gasteiger partial charge in [0.15, 0.2) is 0 Å². The second-order valence-corrected chi connectivity index (χ2v) is 8.85. The molecular weight excluding hydrogens is 372 g/mol. The van der Waals surface area contributed by atoms with E-state index in [1.807, 2.05) is 24.3 Å². The molecule has 2 bridgehead atoms. The van der Waals surface area contributed by atoms with Crippen LogP contribution in [0.2, 0.25) is 0 Å². The minimum Gasteiger partial charge on any atom is -0.323 e. The number of fused-ring (bicyclic) bond motifs is 6. The SMILES string of the molecule is CC12CCC(C(=O)Nc3cc(F)ccc3F)(c3nc4ccccc4nc31)C2(C)C. The Kier molecular flexibility index (Phi) is 3.50. The molecule has 29 heavy (non-hydrogen) atoms. The van der Waals surface area contributed by atoms with Crippen molar-refractivity contribution in [1.82, 2.24) is 9.97 Å². The number of carbonyl (C=O) groups is 1. The van der Waals surface area contributed by atoms with Gasteiger partial charge in [0.25, 0.3) is 0 Å². The van der Waals surface area contributed by atoms with Crippen LogP contribution in [0.25, 0.3) is 11.0 Å². The third-order valence-electron chi connectivity index (χ3n) is 7.51. The molecule has 1 amide bonds. The minimum atomic E-state index is -0.965. The Labute approximate surface area is 167 Å². The third-order valence-corrected chi connectivity index (χ3v) is 7.51. The van der Waals surface area contributed by atoms with Crippen LogP contribution in [0, 0.1) is 17.0 Å². The number of hydrogen-bond acceptors (Lipinski definition) is 3. The summed E-state index contributed by atoms with van der Waals surface area (Å²) in [5.41, 5.74) is 1.06. The Morgan fingerprint density at radius 1 is 0.966 bits per heavy atom. The number of benzene rings is 2. The summed E-state index contributed by atoms with van der Waals surface area (Å²) in [6.07, 6.45) is 1.36. The third kappa shape index (κ3) is 2.09. The highest BCUT2D eigenvalue weighted by molar-refractivity contribution is 6.02. The topological polar surface area (TPSA) is 54.9 Å². The van der Waals surface area contributed by atoms with Gasteiger partial charge in [-0.3, -0.25) is 4.79 Å². The van der Waals surface area contributed by atoms with Crippen LogP contribution in [-0.2, 0) is 15.6 Å². The Hall–Kier alpha value is -2.89. The summed E-state index contributed by atoms with van der Waals surface area (Å²) in [5.74, 6) is -1.64. The normalized spacial score (nSPS) is 26.5. The molecule has 6 heteroatoms. The summed E-state index contributed by atoms with van der Waals surface area (Å²) in [5, 5.41) is 2.65. The molecule has 0 aliphatic heterocycles. The zero-order chi connectivity index (χ0) is 20.6. The number of amides is 1. The lowest BCUT2D eigenvalue weighted by atomic mass is 9.63. The van der Waals surface area contributed by atoms with Crippen molar-refractivity contribution in [2.24, 2.45) is 5.41 Å². The van der Waals surface area contributed by atoms with E-state index >= 15 is 0 Å². The molecule has 1 N–H and O–H groups in total. The fraction of sp³-hybridized carbons (Fsp3) is 0.348. The molecule has 2 aliphatic carbocycles. The van der Waals surface area contributed by atoms with E-state index < -0.39 is 22.5 Å². The lowest BCUT2D eigenvalue weighted by molar-refractivity contribution is -0.125. The van der Waals surface area contributed by atoms with Gasteiger partial charge in [-0.25, -0.2) is 18.7 Å². The number of rotatable bonds is 2. The summed E-state index contributed by atoms with van der Waals surface area (Å²) in [6, 6.07) is 10.6. The highest BCUT2D eigenvalue weighted by Crippen LogP contribution is 2.70. The Morgan fingerprint density at radius 2 is 1.62 bits per heavy atom. The van der Waals surface area contributed by atoms with E-state index in [2.05, 4.69) is 26.1 Å². The van der Waals surface area contributed by atoms with Crippen LogP contribution in [0.3, 0.4) is 0 Å². The van der Waals surface area contributed by atoms with Crippen molar-refractivity contribution in [3.63, 3.8) is 0 Å². The first kappa shape index (κ1) is 18.2. The zero-order valence-corrected chi connectivity index (χ0v) is 16.5. The van der Waals surface area contributed by atoms with Crippen LogP contribution in [0.5, 0.6) is 0 Å². The fourth-order valence-electron chi connectivity index (χ4n) is 5.37. The van der Waals surface area contributed by atoms with Crippen molar-refractivity contribution < 1.29 is 13.6 Å². The second kappa shape index (κ2) is 5.59. The van der Waals surface area contributed by atoms with Gasteiger partial charge in [0.2, 0.25) is 5.91 Å². The van der Waals surface area contributed by atoms with Gasteiger partial charge < -0.3 is 5.32 Å². The molecule has 0 spiro atoms. The maximum Gasteiger partial charge on any atom is 0.237 e. The molecule has 148 valence electrons. The Balaban J connectivity index is 1.70. The standard InChI is InChI=1S/C23H21F2N3O/c1-21(2)22(3)10-11-23(21,20(29)28-17-12-13(24)8-9-14(17)25)19-18(22)26-15-6-4-5-7-16(15)27-19/h4-9,12H,10-11H2,1-3H3,(H,28,29). The quantitative estimate of drug-likeness (QED) is 0.675. The van der Waals surface area contributed by atoms with Gasteiger partial charge >= 0.3 is 0 Å². The van der Waals surface area contributed by atoms with E-state index in [-0.39, 0.29) is 17.0 Å². The van der Waals surface area contributed by atoms with Crippen molar-refractivity contribution in [1.29, 1.82) is 0 Å². The molecule has 1 saturated carbocycles. The van der Waals surface area contributed by atoms with Crippen molar-refractivity contribution in [3.05, 3.63) is 65.5 Å². The van der Waals surface area contributed by atoms with Crippen LogP contribution < -0.4 is 5.32 Å². The highest BCUT2D eigenvalue weighted by atomic mass is 19.1. The molecule has 2 aromatic carbocycles. The van der Waals surface area contributed by atoms with Crippen LogP contribution in [-0.4, -0.2) is 15.9 Å². The number of anilines is 1. The molecule has 0 saturated heterocycles. The number of para-hydroxylation sites is 2. The van der Waals surface area contributed by atoms with Crippen molar-refractivity contribution >= 4 is 22.6 Å². The molecule has 2 unspecified atom stereocenters. The van der Waals surface area contributed by atoms with E-state index in [1.165, 1.54) is 0 Å². The molecule has 1 aromatic heterocycles. The maximum atomic E-state index is 14.2. The van der Waals surface area contributed by atoms with Gasteiger partial charge in [0, 0.05) is 11.5 Å². The number of halogens is 2. The molecule has 5 rings (SSSR count). The Morgan fingerprint density at radius 3 is 2.31 bits per heavy atom. The van der Waals surface area contributed by atoms with E-state index in [1.54, 1.807) is 0 Å². The van der Waals surface area contributed by atoms with Crippen LogP contribution >= 0.6 is 0 Å². The van der Waals surface area contributed by atoms with Gasteiger partial charge in [0.05, 0.1) is 33.5 Å². The number of hydrogen-bond donors (Lipinski definition) is 1. The van der Waals surface area contributed by atoms with Crippen LogP contribution in [0.4, 0.5) is 14.5 Å².